The second-order valence-electron chi connectivity index (χ2n) is 9.56. The zero-order valence-electron chi connectivity index (χ0n) is 20.8. The molecule has 0 bridgehead atoms. The first-order valence-electron chi connectivity index (χ1n) is 11.6. The maximum absolute atomic E-state index is 13.7. The lowest BCUT2D eigenvalue weighted by atomic mass is 10.1. The first-order chi connectivity index (χ1) is 17.0. The Kier molecular flexibility index (Phi) is 7.77. The second kappa shape index (κ2) is 10.7. The lowest BCUT2D eigenvalue weighted by molar-refractivity contribution is -0.0618. The summed E-state index contributed by atoms with van der Waals surface area (Å²) < 4.78 is 25.1. The first kappa shape index (κ1) is 26.2. The van der Waals surface area contributed by atoms with Crippen LogP contribution in [0.1, 0.15) is 51.4 Å². The Bertz CT molecular complexity index is 1220. The molecule has 1 aromatic carbocycles. The number of halogens is 2. The molecule has 1 fully saturated rings. The average Bonchev–Trinajstić information content (AvgIpc) is 3.45. The number of alkyl halides is 1. The predicted octanol–water partition coefficient (Wildman–Crippen LogP) is 6.42. The molecule has 1 amide bonds. The van der Waals surface area contributed by atoms with Crippen LogP contribution in [0.25, 0.3) is 10.4 Å². The fraction of sp³-hybridized carbons (Fsp3) is 0.440. The van der Waals surface area contributed by atoms with Crippen LogP contribution >= 0.6 is 22.9 Å². The number of carbonyl (C=O) groups excluding carboxylic acids is 1. The molecule has 3 heterocycles. The number of rotatable bonds is 8. The van der Waals surface area contributed by atoms with Crippen LogP contribution in [0.4, 0.5) is 21.0 Å². The van der Waals surface area contributed by atoms with Crippen LogP contribution in [0.3, 0.4) is 0 Å². The zero-order chi connectivity index (χ0) is 26.0. The van der Waals surface area contributed by atoms with Crippen LogP contribution < -0.4 is 10.2 Å². The smallest absolute Gasteiger partial charge is 0.416 e. The monoisotopic (exact) mass is 533 g/mol. The number of carbonyl (C=O) groups is 1. The van der Waals surface area contributed by atoms with Crippen LogP contribution in [0.15, 0.2) is 36.5 Å². The van der Waals surface area contributed by atoms with Gasteiger partial charge in [0.05, 0.1) is 28.3 Å². The molecule has 3 aromatic rings. The van der Waals surface area contributed by atoms with E-state index in [1.165, 1.54) is 22.3 Å². The summed E-state index contributed by atoms with van der Waals surface area (Å²) in [6, 6.07) is 8.33. The lowest BCUT2D eigenvalue weighted by Gasteiger charge is -2.31. The number of aromatic nitrogens is 3. The molecule has 1 aliphatic heterocycles. The van der Waals surface area contributed by atoms with Crippen LogP contribution in [-0.4, -0.2) is 45.4 Å². The van der Waals surface area contributed by atoms with E-state index in [9.17, 15) is 9.18 Å². The molecule has 1 saturated heterocycles. The number of hydrogen-bond donors (Lipinski definition) is 1. The molecule has 36 heavy (non-hydrogen) atoms. The molecule has 1 N–H and O–H groups in total. The molecule has 0 spiro atoms. The van der Waals surface area contributed by atoms with E-state index < -0.39 is 24.4 Å². The predicted molar refractivity (Wildman–Crippen MR) is 139 cm³/mol. The van der Waals surface area contributed by atoms with E-state index in [1.807, 2.05) is 58.9 Å². The van der Waals surface area contributed by atoms with Gasteiger partial charge in [-0.3, -0.25) is 4.90 Å². The molecule has 8 nitrogen and oxygen atoms in total. The number of amides is 1. The summed E-state index contributed by atoms with van der Waals surface area (Å²) in [6.45, 7) is 8.97. The highest BCUT2D eigenvalue weighted by atomic mass is 35.5. The molecule has 1 unspecified atom stereocenters. The minimum absolute atomic E-state index is 0.150. The Morgan fingerprint density at radius 3 is 2.67 bits per heavy atom. The van der Waals surface area contributed by atoms with Gasteiger partial charge in [0.15, 0.2) is 0 Å². The van der Waals surface area contributed by atoms with Gasteiger partial charge in [0, 0.05) is 17.3 Å². The Hall–Kier alpha value is -2.82. The van der Waals surface area contributed by atoms with Gasteiger partial charge in [-0.2, -0.15) is 4.98 Å². The lowest BCUT2D eigenvalue weighted by Crippen LogP contribution is -2.45. The van der Waals surface area contributed by atoms with Crippen LogP contribution in [0.5, 0.6) is 0 Å². The molecule has 11 heteroatoms. The molecule has 0 saturated carbocycles. The zero-order valence-corrected chi connectivity index (χ0v) is 22.4. The molecule has 0 radical (unpaired) electrons. The average molecular weight is 534 g/mol. The SMILES string of the molecule is C[C@H](Nc1nc(CF)cc(N2C(=O)OCC2[C@@H](C)OC(C)(C)C)n1)c1ncc(-c2ccc(Cl)cc2)s1. The van der Waals surface area contributed by atoms with Crippen molar-refractivity contribution < 1.29 is 18.7 Å². The van der Waals surface area contributed by atoms with Crippen molar-refractivity contribution >= 4 is 40.8 Å². The van der Waals surface area contributed by atoms with Gasteiger partial charge in [0.2, 0.25) is 5.95 Å². The number of benzene rings is 1. The summed E-state index contributed by atoms with van der Waals surface area (Å²) in [5.41, 5.74) is 0.754. The van der Waals surface area contributed by atoms with E-state index in [2.05, 4.69) is 20.3 Å². The first-order valence-corrected chi connectivity index (χ1v) is 12.8. The van der Waals surface area contributed by atoms with E-state index in [0.717, 1.165) is 15.4 Å². The van der Waals surface area contributed by atoms with Crippen molar-refractivity contribution in [2.75, 3.05) is 16.8 Å². The van der Waals surface area contributed by atoms with E-state index in [1.54, 1.807) is 6.20 Å². The molecule has 4 rings (SSSR count). The Labute approximate surface area is 218 Å². The van der Waals surface area contributed by atoms with Crippen molar-refractivity contribution in [1.29, 1.82) is 0 Å². The minimum atomic E-state index is -0.807. The van der Waals surface area contributed by atoms with E-state index in [-0.39, 0.29) is 36.2 Å². The van der Waals surface area contributed by atoms with Crippen molar-refractivity contribution in [2.24, 2.45) is 0 Å². The second-order valence-corrected chi connectivity index (χ2v) is 11.1. The number of nitrogens with zero attached hydrogens (tertiary/aromatic N) is 4. The van der Waals surface area contributed by atoms with Crippen molar-refractivity contribution in [2.45, 2.75) is 65.1 Å². The fourth-order valence-electron chi connectivity index (χ4n) is 3.91. The van der Waals surface area contributed by atoms with Gasteiger partial charge in [-0.05, 0) is 52.3 Å². The molecule has 1 aliphatic rings. The van der Waals surface area contributed by atoms with Crippen molar-refractivity contribution in [1.82, 2.24) is 15.0 Å². The summed E-state index contributed by atoms with van der Waals surface area (Å²) in [4.78, 5) is 28.4. The summed E-state index contributed by atoms with van der Waals surface area (Å²) in [5.74, 6) is 0.448. The minimum Gasteiger partial charge on any atom is -0.447 e. The van der Waals surface area contributed by atoms with Crippen molar-refractivity contribution in [3.05, 3.63) is 52.3 Å². The number of ether oxygens (including phenoxy) is 2. The van der Waals surface area contributed by atoms with Gasteiger partial charge in [0.25, 0.3) is 0 Å². The van der Waals surface area contributed by atoms with Gasteiger partial charge in [-0.15, -0.1) is 11.3 Å². The highest BCUT2D eigenvalue weighted by Crippen LogP contribution is 2.32. The fourth-order valence-corrected chi connectivity index (χ4v) is 4.96. The van der Waals surface area contributed by atoms with Crippen LogP contribution in [0.2, 0.25) is 5.02 Å². The number of cyclic esters (lactones) is 1. The standard InChI is InChI=1S/C25H29ClFN5O3S/c1-14(22-28-12-20(36-22)16-6-8-17(26)9-7-16)29-23-30-18(11-27)10-21(31-23)32-19(13-34-24(32)33)15(2)35-25(3,4)5/h6-10,12,14-15,19H,11,13H2,1-5H3,(H,29,30,31)/t14-,15+,19?/m0/s1. The third-order valence-corrected chi connectivity index (χ3v) is 6.99. The van der Waals surface area contributed by atoms with Gasteiger partial charge in [-0.1, -0.05) is 23.7 Å². The molecule has 2 aromatic heterocycles. The number of thiazole rings is 1. The van der Waals surface area contributed by atoms with Crippen LogP contribution in [-0.2, 0) is 16.1 Å². The van der Waals surface area contributed by atoms with Crippen molar-refractivity contribution in [3.8, 4) is 10.4 Å². The quantitative estimate of drug-likeness (QED) is 0.357. The Morgan fingerprint density at radius 2 is 2.00 bits per heavy atom. The summed E-state index contributed by atoms with van der Waals surface area (Å²) >= 11 is 7.51. The molecule has 3 atom stereocenters. The Morgan fingerprint density at radius 1 is 1.28 bits per heavy atom. The number of nitrogens with one attached hydrogen (secondary N) is 1. The van der Waals surface area contributed by atoms with Crippen molar-refractivity contribution in [3.63, 3.8) is 0 Å². The highest BCUT2D eigenvalue weighted by Gasteiger charge is 2.40. The summed E-state index contributed by atoms with van der Waals surface area (Å²) in [7, 11) is 0. The van der Waals surface area contributed by atoms with Gasteiger partial charge in [-0.25, -0.2) is 19.2 Å². The van der Waals surface area contributed by atoms with E-state index in [4.69, 9.17) is 21.1 Å². The topological polar surface area (TPSA) is 89.5 Å². The van der Waals surface area contributed by atoms with Crippen LogP contribution in [0, 0.1) is 0 Å². The third-order valence-electron chi connectivity index (χ3n) is 5.50. The highest BCUT2D eigenvalue weighted by molar-refractivity contribution is 7.15. The van der Waals surface area contributed by atoms with Gasteiger partial charge in [0.1, 0.15) is 30.1 Å². The largest absolute Gasteiger partial charge is 0.447 e. The van der Waals surface area contributed by atoms with Gasteiger partial charge >= 0.3 is 6.09 Å². The molecule has 0 aliphatic carbocycles. The normalized spacial score (nSPS) is 17.7. The van der Waals surface area contributed by atoms with Gasteiger partial charge < -0.3 is 14.8 Å². The maximum Gasteiger partial charge on any atom is 0.416 e. The third kappa shape index (κ3) is 6.11. The Balaban J connectivity index is 1.56. The van der Waals surface area contributed by atoms with E-state index in [0.29, 0.717) is 5.02 Å². The molecule has 192 valence electrons. The maximum atomic E-state index is 13.7. The number of anilines is 2. The van der Waals surface area contributed by atoms with E-state index >= 15 is 0 Å². The summed E-state index contributed by atoms with van der Waals surface area (Å²) in [6.07, 6.45) is 0.907. The summed E-state index contributed by atoms with van der Waals surface area (Å²) in [5, 5.41) is 4.67. The number of hydrogen-bond acceptors (Lipinski definition) is 8. The molecular weight excluding hydrogens is 505 g/mol. The molecular formula is C25H29ClFN5O3S.